The van der Waals surface area contributed by atoms with Gasteiger partial charge in [0.25, 0.3) is 5.69 Å². The summed E-state index contributed by atoms with van der Waals surface area (Å²) in [6.07, 6.45) is 1.74. The van der Waals surface area contributed by atoms with Crippen LogP contribution in [0.2, 0.25) is 5.02 Å². The standard InChI is InChI=1S/C14H17ClN2O4/c15-13-8-12(17(20)21)2-1-11(13)7-14(19)16-5-3-10(9-18)4-6-16/h1-2,8,10,18H,3-7,9H2. The number of aliphatic hydroxyl groups excluding tert-OH is 1. The zero-order valence-electron chi connectivity index (χ0n) is 11.5. The van der Waals surface area contributed by atoms with E-state index in [9.17, 15) is 14.9 Å². The van der Waals surface area contributed by atoms with Gasteiger partial charge in [0.2, 0.25) is 5.91 Å². The number of rotatable bonds is 4. The van der Waals surface area contributed by atoms with Crippen LogP contribution in [0.5, 0.6) is 0 Å². The van der Waals surface area contributed by atoms with Gasteiger partial charge in [-0.15, -0.1) is 0 Å². The highest BCUT2D eigenvalue weighted by Gasteiger charge is 2.23. The quantitative estimate of drug-likeness (QED) is 0.681. The van der Waals surface area contributed by atoms with Gasteiger partial charge in [0.05, 0.1) is 16.4 Å². The Bertz CT molecular complexity index is 542. The largest absolute Gasteiger partial charge is 0.396 e. The van der Waals surface area contributed by atoms with Crippen LogP contribution in [0.1, 0.15) is 18.4 Å². The molecule has 6 nitrogen and oxygen atoms in total. The summed E-state index contributed by atoms with van der Waals surface area (Å²) in [6.45, 7) is 1.43. The number of aliphatic hydroxyl groups is 1. The smallest absolute Gasteiger partial charge is 0.270 e. The van der Waals surface area contributed by atoms with Crippen molar-refractivity contribution >= 4 is 23.2 Å². The van der Waals surface area contributed by atoms with E-state index < -0.39 is 4.92 Å². The summed E-state index contributed by atoms with van der Waals surface area (Å²) in [5, 5.41) is 20.0. The maximum absolute atomic E-state index is 12.2. The van der Waals surface area contributed by atoms with Gasteiger partial charge in [-0.1, -0.05) is 17.7 Å². The predicted molar refractivity (Wildman–Crippen MR) is 78.2 cm³/mol. The van der Waals surface area contributed by atoms with Crippen molar-refractivity contribution < 1.29 is 14.8 Å². The molecule has 21 heavy (non-hydrogen) atoms. The third-order valence-corrected chi connectivity index (χ3v) is 4.17. The van der Waals surface area contributed by atoms with Crippen molar-refractivity contribution in [2.45, 2.75) is 19.3 Å². The molecule has 1 aliphatic heterocycles. The van der Waals surface area contributed by atoms with E-state index in [-0.39, 0.29) is 35.6 Å². The zero-order valence-corrected chi connectivity index (χ0v) is 12.3. The number of nitro benzene ring substituents is 1. The second kappa shape index (κ2) is 6.87. The summed E-state index contributed by atoms with van der Waals surface area (Å²) in [5.74, 6) is 0.235. The lowest BCUT2D eigenvalue weighted by Gasteiger charge is -2.31. The molecular formula is C14H17ClN2O4. The molecule has 0 saturated carbocycles. The minimum absolute atomic E-state index is 0.0397. The lowest BCUT2D eigenvalue weighted by atomic mass is 9.97. The van der Waals surface area contributed by atoms with Crippen LogP contribution in [-0.2, 0) is 11.2 Å². The summed E-state index contributed by atoms with van der Waals surface area (Å²) in [5.41, 5.74) is 0.511. The third-order valence-electron chi connectivity index (χ3n) is 3.81. The highest BCUT2D eigenvalue weighted by atomic mass is 35.5. The second-order valence-corrected chi connectivity index (χ2v) is 5.62. The summed E-state index contributed by atoms with van der Waals surface area (Å²) in [4.78, 5) is 24.1. The van der Waals surface area contributed by atoms with E-state index in [4.69, 9.17) is 16.7 Å². The zero-order chi connectivity index (χ0) is 15.4. The summed E-state index contributed by atoms with van der Waals surface area (Å²) in [6, 6.07) is 4.15. The molecule has 1 N–H and O–H groups in total. The topological polar surface area (TPSA) is 83.7 Å². The van der Waals surface area contributed by atoms with Crippen LogP contribution in [-0.4, -0.2) is 40.5 Å². The fraction of sp³-hybridized carbons (Fsp3) is 0.500. The van der Waals surface area contributed by atoms with Crippen molar-refractivity contribution in [3.8, 4) is 0 Å². The molecule has 1 aliphatic rings. The number of carbonyl (C=O) groups is 1. The molecule has 0 radical (unpaired) electrons. The molecule has 114 valence electrons. The Kier molecular flexibility index (Phi) is 5.14. The molecule has 1 aromatic rings. The molecule has 1 amide bonds. The van der Waals surface area contributed by atoms with Crippen LogP contribution in [0, 0.1) is 16.0 Å². The van der Waals surface area contributed by atoms with Gasteiger partial charge in [0.15, 0.2) is 0 Å². The first-order valence-electron chi connectivity index (χ1n) is 6.82. The van der Waals surface area contributed by atoms with Gasteiger partial charge in [-0.05, 0) is 24.3 Å². The Hall–Kier alpha value is -1.66. The summed E-state index contributed by atoms with van der Waals surface area (Å²) in [7, 11) is 0. The molecule has 0 bridgehead atoms. The molecule has 0 aromatic heterocycles. The molecule has 0 spiro atoms. The Labute approximate surface area is 127 Å². The molecule has 0 unspecified atom stereocenters. The molecule has 1 fully saturated rings. The minimum atomic E-state index is -0.517. The van der Waals surface area contributed by atoms with Crippen LogP contribution in [0.25, 0.3) is 0 Å². The van der Waals surface area contributed by atoms with E-state index in [2.05, 4.69) is 0 Å². The summed E-state index contributed by atoms with van der Waals surface area (Å²) >= 11 is 5.99. The molecule has 0 atom stereocenters. The number of nitro groups is 1. The highest BCUT2D eigenvalue weighted by molar-refractivity contribution is 6.31. The van der Waals surface area contributed by atoms with Gasteiger partial charge >= 0.3 is 0 Å². The molecule has 1 aromatic carbocycles. The Morgan fingerprint density at radius 2 is 2.10 bits per heavy atom. The van der Waals surface area contributed by atoms with E-state index in [0.29, 0.717) is 18.7 Å². The van der Waals surface area contributed by atoms with Crippen molar-refractivity contribution in [1.29, 1.82) is 0 Å². The van der Waals surface area contributed by atoms with Crippen LogP contribution in [0.3, 0.4) is 0 Å². The minimum Gasteiger partial charge on any atom is -0.396 e. The average molecular weight is 313 g/mol. The van der Waals surface area contributed by atoms with Gasteiger partial charge in [-0.3, -0.25) is 14.9 Å². The van der Waals surface area contributed by atoms with E-state index in [0.717, 1.165) is 12.8 Å². The number of benzene rings is 1. The first-order chi connectivity index (χ1) is 10.0. The number of nitrogens with zero attached hydrogens (tertiary/aromatic N) is 2. The lowest BCUT2D eigenvalue weighted by molar-refractivity contribution is -0.384. The number of hydrogen-bond donors (Lipinski definition) is 1. The van der Waals surface area contributed by atoms with Crippen molar-refractivity contribution in [2.75, 3.05) is 19.7 Å². The Morgan fingerprint density at radius 1 is 1.43 bits per heavy atom. The highest BCUT2D eigenvalue weighted by Crippen LogP contribution is 2.24. The lowest BCUT2D eigenvalue weighted by Crippen LogP contribution is -2.40. The number of halogens is 1. The van der Waals surface area contributed by atoms with Crippen LogP contribution < -0.4 is 0 Å². The van der Waals surface area contributed by atoms with Crippen LogP contribution in [0.15, 0.2) is 18.2 Å². The van der Waals surface area contributed by atoms with Gasteiger partial charge < -0.3 is 10.0 Å². The molecule has 2 rings (SSSR count). The maximum atomic E-state index is 12.2. The molecule has 7 heteroatoms. The Morgan fingerprint density at radius 3 is 2.62 bits per heavy atom. The first kappa shape index (κ1) is 15.7. The average Bonchev–Trinajstić information content (AvgIpc) is 2.49. The van der Waals surface area contributed by atoms with Crippen molar-refractivity contribution in [3.05, 3.63) is 38.9 Å². The third kappa shape index (κ3) is 3.92. The monoisotopic (exact) mass is 312 g/mol. The van der Waals surface area contributed by atoms with Crippen LogP contribution >= 0.6 is 11.6 Å². The molecule has 1 heterocycles. The van der Waals surface area contributed by atoms with E-state index in [1.807, 2.05) is 0 Å². The normalized spacial score (nSPS) is 16.0. The van der Waals surface area contributed by atoms with E-state index >= 15 is 0 Å². The van der Waals surface area contributed by atoms with Crippen molar-refractivity contribution in [3.63, 3.8) is 0 Å². The number of non-ortho nitro benzene ring substituents is 1. The molecule has 1 saturated heterocycles. The second-order valence-electron chi connectivity index (χ2n) is 5.22. The number of carbonyl (C=O) groups excluding carboxylic acids is 1. The number of hydrogen-bond acceptors (Lipinski definition) is 4. The van der Waals surface area contributed by atoms with Gasteiger partial charge in [0, 0.05) is 31.8 Å². The number of likely N-dealkylation sites (tertiary alicyclic amines) is 1. The number of piperidine rings is 1. The Balaban J connectivity index is 1.98. The van der Waals surface area contributed by atoms with Crippen molar-refractivity contribution in [2.24, 2.45) is 5.92 Å². The first-order valence-corrected chi connectivity index (χ1v) is 7.20. The van der Waals surface area contributed by atoms with E-state index in [1.54, 1.807) is 4.90 Å². The predicted octanol–water partition coefficient (Wildman–Crippen LogP) is 2.02. The number of amides is 1. The SMILES string of the molecule is O=C(Cc1ccc([N+](=O)[O-])cc1Cl)N1CCC(CO)CC1. The van der Waals surface area contributed by atoms with Gasteiger partial charge in [-0.2, -0.15) is 0 Å². The molecular weight excluding hydrogens is 296 g/mol. The summed E-state index contributed by atoms with van der Waals surface area (Å²) < 4.78 is 0. The fourth-order valence-corrected chi connectivity index (χ4v) is 2.67. The molecule has 0 aliphatic carbocycles. The van der Waals surface area contributed by atoms with E-state index in [1.165, 1.54) is 18.2 Å². The maximum Gasteiger partial charge on any atom is 0.270 e. The van der Waals surface area contributed by atoms with Gasteiger partial charge in [-0.25, -0.2) is 0 Å². The van der Waals surface area contributed by atoms with Crippen LogP contribution in [0.4, 0.5) is 5.69 Å². The van der Waals surface area contributed by atoms with Gasteiger partial charge in [0.1, 0.15) is 0 Å². The fourth-order valence-electron chi connectivity index (χ4n) is 2.43. The van der Waals surface area contributed by atoms with Crippen molar-refractivity contribution in [1.82, 2.24) is 4.90 Å².